The first-order chi connectivity index (χ1) is 13.3. The van der Waals surface area contributed by atoms with Gasteiger partial charge in [0.1, 0.15) is 5.69 Å². The van der Waals surface area contributed by atoms with Crippen LogP contribution in [0.15, 0.2) is 48.7 Å². The van der Waals surface area contributed by atoms with Crippen LogP contribution < -0.4 is 15.5 Å². The number of aromatic nitrogens is 2. The Bertz CT molecular complexity index is 1010. The van der Waals surface area contributed by atoms with Crippen LogP contribution in [0.2, 0.25) is 0 Å². The Balaban J connectivity index is 1.75. The Morgan fingerprint density at radius 3 is 2.36 bits per heavy atom. The van der Waals surface area contributed by atoms with Crippen molar-refractivity contribution < 1.29 is 18.0 Å². The summed E-state index contributed by atoms with van der Waals surface area (Å²) in [6.45, 7) is 0. The number of rotatable bonds is 5. The summed E-state index contributed by atoms with van der Waals surface area (Å²) in [4.78, 5) is 22.3. The van der Waals surface area contributed by atoms with E-state index in [1.54, 1.807) is 0 Å². The van der Waals surface area contributed by atoms with Crippen LogP contribution in [0.5, 0.6) is 0 Å². The minimum absolute atomic E-state index is 0.0773. The number of halogens is 3. The van der Waals surface area contributed by atoms with E-state index in [1.807, 2.05) is 43.3 Å². The van der Waals surface area contributed by atoms with E-state index in [1.165, 1.54) is 12.3 Å². The molecule has 1 aromatic heterocycles. The summed E-state index contributed by atoms with van der Waals surface area (Å²) in [6.07, 6.45) is 1.35. The summed E-state index contributed by atoms with van der Waals surface area (Å²) in [6, 6.07) is 10.4. The molecule has 0 spiro atoms. The average Bonchev–Trinajstić information content (AvgIpc) is 2.69. The fourth-order valence-electron chi connectivity index (χ4n) is 2.33. The van der Waals surface area contributed by atoms with Crippen molar-refractivity contribution in [1.82, 2.24) is 9.97 Å². The molecule has 1 heterocycles. The number of carbonyl (C=O) groups excluding carboxylic acids is 1. The molecule has 3 rings (SSSR count). The third-order valence-electron chi connectivity index (χ3n) is 3.81. The molecule has 0 aliphatic rings. The summed E-state index contributed by atoms with van der Waals surface area (Å²) < 4.78 is 40.0. The Labute approximate surface area is 159 Å². The monoisotopic (exact) mass is 387 g/mol. The highest BCUT2D eigenvalue weighted by Gasteiger charge is 2.17. The van der Waals surface area contributed by atoms with Crippen molar-refractivity contribution in [2.45, 2.75) is 0 Å². The van der Waals surface area contributed by atoms with Crippen LogP contribution in [-0.2, 0) is 0 Å². The number of hydrogen-bond donors (Lipinski definition) is 2. The van der Waals surface area contributed by atoms with Gasteiger partial charge in [-0.25, -0.2) is 23.1 Å². The van der Waals surface area contributed by atoms with E-state index >= 15 is 0 Å². The number of hydrogen-bond acceptors (Lipinski definition) is 5. The molecule has 144 valence electrons. The van der Waals surface area contributed by atoms with Crippen molar-refractivity contribution in [3.8, 4) is 0 Å². The summed E-state index contributed by atoms with van der Waals surface area (Å²) in [7, 11) is 3.84. The molecule has 1 amide bonds. The molecule has 0 unspecified atom stereocenters. The van der Waals surface area contributed by atoms with Crippen LogP contribution in [0.1, 0.15) is 10.5 Å². The Hall–Kier alpha value is -3.62. The van der Waals surface area contributed by atoms with Gasteiger partial charge in [-0.1, -0.05) is 0 Å². The number of amides is 1. The quantitative estimate of drug-likeness (QED) is 0.649. The predicted octanol–water partition coefficient (Wildman–Crippen LogP) is 3.96. The second-order valence-corrected chi connectivity index (χ2v) is 6.01. The number of benzene rings is 2. The first-order valence-corrected chi connectivity index (χ1v) is 8.17. The molecule has 0 radical (unpaired) electrons. The van der Waals surface area contributed by atoms with Crippen molar-refractivity contribution in [3.63, 3.8) is 0 Å². The second-order valence-electron chi connectivity index (χ2n) is 6.01. The zero-order chi connectivity index (χ0) is 20.3. The summed E-state index contributed by atoms with van der Waals surface area (Å²) in [5.74, 6) is -5.13. The Morgan fingerprint density at radius 1 is 0.964 bits per heavy atom. The smallest absolute Gasteiger partial charge is 0.274 e. The van der Waals surface area contributed by atoms with Gasteiger partial charge in [0.25, 0.3) is 5.91 Å². The molecule has 0 saturated carbocycles. The molecule has 0 bridgehead atoms. The predicted molar refractivity (Wildman–Crippen MR) is 100 cm³/mol. The maximum Gasteiger partial charge on any atom is 0.274 e. The first kappa shape index (κ1) is 19.2. The summed E-state index contributed by atoms with van der Waals surface area (Å²) in [5, 5.41) is 5.11. The zero-order valence-electron chi connectivity index (χ0n) is 15.0. The van der Waals surface area contributed by atoms with Gasteiger partial charge in [-0.15, -0.1) is 0 Å². The molecule has 0 aliphatic heterocycles. The number of anilines is 4. The lowest BCUT2D eigenvalue weighted by molar-refractivity contribution is 0.102. The topological polar surface area (TPSA) is 70.2 Å². The fourth-order valence-corrected chi connectivity index (χ4v) is 2.33. The molecule has 0 saturated heterocycles. The highest BCUT2D eigenvalue weighted by Crippen LogP contribution is 2.21. The van der Waals surface area contributed by atoms with E-state index in [4.69, 9.17) is 0 Å². The molecule has 0 fully saturated rings. The van der Waals surface area contributed by atoms with Gasteiger partial charge in [0.05, 0.1) is 5.69 Å². The molecule has 28 heavy (non-hydrogen) atoms. The van der Waals surface area contributed by atoms with Crippen LogP contribution >= 0.6 is 0 Å². The van der Waals surface area contributed by atoms with Gasteiger partial charge in [0.2, 0.25) is 5.95 Å². The lowest BCUT2D eigenvalue weighted by atomic mass is 10.2. The maximum atomic E-state index is 13.7. The highest BCUT2D eigenvalue weighted by atomic mass is 19.2. The van der Waals surface area contributed by atoms with E-state index in [-0.39, 0.29) is 11.6 Å². The average molecular weight is 387 g/mol. The molecule has 9 heteroatoms. The van der Waals surface area contributed by atoms with Gasteiger partial charge in [0.15, 0.2) is 17.5 Å². The van der Waals surface area contributed by atoms with Crippen molar-refractivity contribution >= 4 is 28.9 Å². The molecular formula is C19H16F3N5O. The normalized spacial score (nSPS) is 10.5. The molecule has 6 nitrogen and oxygen atoms in total. The minimum atomic E-state index is -1.66. The van der Waals surface area contributed by atoms with Crippen LogP contribution in [0, 0.1) is 17.5 Å². The van der Waals surface area contributed by atoms with Crippen LogP contribution in [0.3, 0.4) is 0 Å². The Kier molecular flexibility index (Phi) is 5.44. The number of nitrogens with one attached hydrogen (secondary N) is 2. The first-order valence-electron chi connectivity index (χ1n) is 8.17. The maximum absolute atomic E-state index is 13.7. The number of carbonyl (C=O) groups is 1. The summed E-state index contributed by atoms with van der Waals surface area (Å²) in [5.41, 5.74) is 1.14. The molecule has 0 aliphatic carbocycles. The van der Waals surface area contributed by atoms with Crippen LogP contribution in [0.4, 0.5) is 36.2 Å². The third kappa shape index (κ3) is 4.20. The molecule has 3 aromatic rings. The minimum Gasteiger partial charge on any atom is -0.378 e. The lowest BCUT2D eigenvalue weighted by Crippen LogP contribution is -2.16. The third-order valence-corrected chi connectivity index (χ3v) is 3.81. The molecule has 2 N–H and O–H groups in total. The molecule has 2 aromatic carbocycles. The van der Waals surface area contributed by atoms with E-state index in [9.17, 15) is 18.0 Å². The van der Waals surface area contributed by atoms with E-state index in [0.717, 1.165) is 17.8 Å². The van der Waals surface area contributed by atoms with Crippen molar-refractivity contribution in [2.75, 3.05) is 29.6 Å². The standard InChI is InChI=1S/C19H16F3N5O/c1-27(2)12-5-3-11(4-6-12)24-19-23-10-9-15(26-19)18(28)25-14-8-7-13(20)16(21)17(14)22/h3-10H,1-2H3,(H,25,28)(H,23,24,26). The van der Waals surface area contributed by atoms with E-state index in [2.05, 4.69) is 20.6 Å². The SMILES string of the molecule is CN(C)c1ccc(Nc2nccc(C(=O)Nc3ccc(F)c(F)c3F)n2)cc1. The van der Waals surface area contributed by atoms with Gasteiger partial charge in [0, 0.05) is 31.7 Å². The largest absolute Gasteiger partial charge is 0.378 e. The second kappa shape index (κ2) is 7.95. The van der Waals surface area contributed by atoms with Gasteiger partial charge < -0.3 is 15.5 Å². The van der Waals surface area contributed by atoms with E-state index in [0.29, 0.717) is 5.69 Å². The zero-order valence-corrected chi connectivity index (χ0v) is 15.0. The fraction of sp³-hybridized carbons (Fsp3) is 0.105. The summed E-state index contributed by atoms with van der Waals surface area (Å²) >= 11 is 0. The van der Waals surface area contributed by atoms with Crippen molar-refractivity contribution in [3.05, 3.63) is 71.8 Å². The van der Waals surface area contributed by atoms with Gasteiger partial charge in [-0.2, -0.15) is 0 Å². The van der Waals surface area contributed by atoms with Crippen LogP contribution in [0.25, 0.3) is 0 Å². The number of nitrogens with zero attached hydrogens (tertiary/aromatic N) is 3. The Morgan fingerprint density at radius 2 is 1.68 bits per heavy atom. The lowest BCUT2D eigenvalue weighted by Gasteiger charge is -2.13. The van der Waals surface area contributed by atoms with Gasteiger partial charge in [-0.05, 0) is 42.5 Å². The molecular weight excluding hydrogens is 371 g/mol. The van der Waals surface area contributed by atoms with Gasteiger partial charge in [-0.3, -0.25) is 4.79 Å². The molecule has 0 atom stereocenters. The van der Waals surface area contributed by atoms with Crippen molar-refractivity contribution in [1.29, 1.82) is 0 Å². The van der Waals surface area contributed by atoms with E-state index < -0.39 is 29.0 Å². The van der Waals surface area contributed by atoms with Crippen molar-refractivity contribution in [2.24, 2.45) is 0 Å². The van der Waals surface area contributed by atoms with Gasteiger partial charge >= 0.3 is 0 Å². The highest BCUT2D eigenvalue weighted by molar-refractivity contribution is 6.03. The van der Waals surface area contributed by atoms with Crippen LogP contribution in [-0.4, -0.2) is 30.0 Å².